The number of aromatic amines is 1. The van der Waals surface area contributed by atoms with E-state index in [9.17, 15) is 14.4 Å². The maximum absolute atomic E-state index is 12.2. The summed E-state index contributed by atoms with van der Waals surface area (Å²) in [6.07, 6.45) is 1.29. The van der Waals surface area contributed by atoms with Gasteiger partial charge in [-0.1, -0.05) is 18.2 Å². The van der Waals surface area contributed by atoms with Gasteiger partial charge in [0, 0.05) is 23.2 Å². The fraction of sp³-hybridized carbons (Fsp3) is 0.235. The maximum Gasteiger partial charge on any atom is 0.328 e. The number of aromatic nitrogens is 2. The number of fused-ring (bicyclic) bond motifs is 1. The standard InChI is InChI=1S/C17H17N3O4/c1-10-12-5-3-4-6-13(12)24-16(10)11(2)18-15(22)9-20-8-7-14(21)19-17(20)23/h3-8,11H,9H2,1-2H3,(H,18,22)(H,19,21,23)/t11-/m1/s1. The Bertz CT molecular complexity index is 1010. The molecule has 0 aliphatic rings. The number of hydrogen-bond donors (Lipinski definition) is 2. The number of carbonyl (C=O) groups excluding carboxylic acids is 1. The van der Waals surface area contributed by atoms with Gasteiger partial charge in [-0.2, -0.15) is 0 Å². The first-order valence-electron chi connectivity index (χ1n) is 7.53. The molecule has 0 fully saturated rings. The molecule has 0 saturated carbocycles. The molecule has 7 heteroatoms. The van der Waals surface area contributed by atoms with Crippen molar-refractivity contribution in [2.75, 3.05) is 0 Å². The molecule has 0 spiro atoms. The van der Waals surface area contributed by atoms with E-state index in [0.717, 1.165) is 21.1 Å². The van der Waals surface area contributed by atoms with Crippen molar-refractivity contribution in [3.05, 3.63) is 68.7 Å². The highest BCUT2D eigenvalue weighted by Crippen LogP contribution is 2.28. The van der Waals surface area contributed by atoms with Gasteiger partial charge >= 0.3 is 5.69 Å². The monoisotopic (exact) mass is 327 g/mol. The zero-order chi connectivity index (χ0) is 17.3. The van der Waals surface area contributed by atoms with Gasteiger partial charge in [-0.15, -0.1) is 0 Å². The second kappa shape index (κ2) is 6.19. The van der Waals surface area contributed by atoms with Gasteiger partial charge in [0.1, 0.15) is 17.9 Å². The Morgan fingerprint density at radius 2 is 2.04 bits per heavy atom. The second-order valence-corrected chi connectivity index (χ2v) is 5.61. The Hall–Kier alpha value is -3.09. The van der Waals surface area contributed by atoms with Crippen LogP contribution in [0.2, 0.25) is 0 Å². The van der Waals surface area contributed by atoms with Crippen molar-refractivity contribution >= 4 is 16.9 Å². The summed E-state index contributed by atoms with van der Waals surface area (Å²) >= 11 is 0. The number of rotatable bonds is 4. The molecule has 1 amide bonds. The average molecular weight is 327 g/mol. The number of hydrogen-bond acceptors (Lipinski definition) is 4. The van der Waals surface area contributed by atoms with Crippen molar-refractivity contribution in [1.82, 2.24) is 14.9 Å². The molecule has 1 atom stereocenters. The van der Waals surface area contributed by atoms with E-state index in [0.29, 0.717) is 5.76 Å². The largest absolute Gasteiger partial charge is 0.459 e. The normalized spacial score (nSPS) is 12.2. The first-order chi connectivity index (χ1) is 11.5. The predicted molar refractivity (Wildman–Crippen MR) is 88.8 cm³/mol. The van der Waals surface area contributed by atoms with Gasteiger partial charge in [0.2, 0.25) is 5.91 Å². The Morgan fingerprint density at radius 1 is 1.29 bits per heavy atom. The van der Waals surface area contributed by atoms with Crippen molar-refractivity contribution in [1.29, 1.82) is 0 Å². The van der Waals surface area contributed by atoms with Crippen molar-refractivity contribution in [2.45, 2.75) is 26.4 Å². The number of para-hydroxylation sites is 1. The molecule has 2 N–H and O–H groups in total. The van der Waals surface area contributed by atoms with Gasteiger partial charge in [0.05, 0.1) is 6.04 Å². The number of nitrogens with one attached hydrogen (secondary N) is 2. The van der Waals surface area contributed by atoms with Crippen LogP contribution < -0.4 is 16.6 Å². The SMILES string of the molecule is Cc1c([C@@H](C)NC(=O)Cn2ccc(=O)[nH]c2=O)oc2ccccc12. The van der Waals surface area contributed by atoms with Crippen molar-refractivity contribution in [3.8, 4) is 0 Å². The quantitative estimate of drug-likeness (QED) is 0.758. The van der Waals surface area contributed by atoms with Crippen LogP contribution in [-0.4, -0.2) is 15.5 Å². The molecule has 7 nitrogen and oxygen atoms in total. The summed E-state index contributed by atoms with van der Waals surface area (Å²) < 4.78 is 6.95. The van der Waals surface area contributed by atoms with Crippen molar-refractivity contribution in [2.24, 2.45) is 0 Å². The maximum atomic E-state index is 12.2. The lowest BCUT2D eigenvalue weighted by Gasteiger charge is -2.13. The second-order valence-electron chi connectivity index (χ2n) is 5.61. The summed E-state index contributed by atoms with van der Waals surface area (Å²) in [5.74, 6) is 0.329. The topological polar surface area (TPSA) is 97.1 Å². The highest BCUT2D eigenvalue weighted by Gasteiger charge is 2.18. The molecule has 0 aliphatic carbocycles. The van der Waals surface area contributed by atoms with E-state index in [1.807, 2.05) is 38.1 Å². The van der Waals surface area contributed by atoms with E-state index >= 15 is 0 Å². The van der Waals surface area contributed by atoms with Gasteiger partial charge in [-0.05, 0) is 19.9 Å². The number of benzene rings is 1. The molecule has 0 saturated heterocycles. The number of carbonyl (C=O) groups is 1. The van der Waals surface area contributed by atoms with Crippen LogP contribution >= 0.6 is 0 Å². The molecule has 2 aromatic heterocycles. The van der Waals surface area contributed by atoms with E-state index in [1.54, 1.807) is 0 Å². The highest BCUT2D eigenvalue weighted by atomic mass is 16.3. The Balaban J connectivity index is 1.77. The van der Waals surface area contributed by atoms with Crippen LogP contribution in [0.3, 0.4) is 0 Å². The van der Waals surface area contributed by atoms with Gasteiger partial charge in [-0.25, -0.2) is 4.79 Å². The van der Waals surface area contributed by atoms with E-state index < -0.39 is 11.2 Å². The predicted octanol–water partition coefficient (Wildman–Crippen LogP) is 1.47. The van der Waals surface area contributed by atoms with E-state index in [4.69, 9.17) is 4.42 Å². The lowest BCUT2D eigenvalue weighted by molar-refractivity contribution is -0.122. The third kappa shape index (κ3) is 3.01. The zero-order valence-corrected chi connectivity index (χ0v) is 13.3. The molecule has 3 aromatic rings. The summed E-state index contributed by atoms with van der Waals surface area (Å²) in [6, 6.07) is 8.51. The van der Waals surface area contributed by atoms with Crippen molar-refractivity contribution in [3.63, 3.8) is 0 Å². The summed E-state index contributed by atoms with van der Waals surface area (Å²) in [6.45, 7) is 3.58. The lowest BCUT2D eigenvalue weighted by atomic mass is 10.1. The summed E-state index contributed by atoms with van der Waals surface area (Å²) in [4.78, 5) is 36.9. The van der Waals surface area contributed by atoms with Gasteiger partial charge in [0.25, 0.3) is 5.56 Å². The smallest absolute Gasteiger partial charge is 0.328 e. The van der Waals surface area contributed by atoms with Gasteiger partial charge in [-0.3, -0.25) is 19.1 Å². The molecule has 0 radical (unpaired) electrons. The Labute approximate surface area is 136 Å². The minimum atomic E-state index is -0.620. The summed E-state index contributed by atoms with van der Waals surface area (Å²) in [5.41, 5.74) is 0.621. The molecule has 1 aromatic carbocycles. The minimum Gasteiger partial charge on any atom is -0.459 e. The Morgan fingerprint density at radius 3 is 2.75 bits per heavy atom. The molecular weight excluding hydrogens is 310 g/mol. The molecule has 0 unspecified atom stereocenters. The number of furan rings is 1. The minimum absolute atomic E-state index is 0.181. The molecule has 124 valence electrons. The number of H-pyrrole nitrogens is 1. The molecule has 0 aliphatic heterocycles. The highest BCUT2D eigenvalue weighted by molar-refractivity contribution is 5.82. The van der Waals surface area contributed by atoms with E-state index in [1.165, 1.54) is 12.3 Å². The van der Waals surface area contributed by atoms with Crippen LogP contribution in [0.25, 0.3) is 11.0 Å². The fourth-order valence-corrected chi connectivity index (χ4v) is 2.68. The van der Waals surface area contributed by atoms with Crippen LogP contribution in [0.4, 0.5) is 0 Å². The van der Waals surface area contributed by atoms with Crippen LogP contribution in [0.15, 0.2) is 50.5 Å². The molecule has 3 rings (SSSR count). The van der Waals surface area contributed by atoms with Gasteiger partial charge < -0.3 is 9.73 Å². The summed E-state index contributed by atoms with van der Waals surface area (Å²) in [7, 11) is 0. The van der Waals surface area contributed by atoms with Crippen LogP contribution in [0.1, 0.15) is 24.3 Å². The van der Waals surface area contributed by atoms with Crippen LogP contribution in [-0.2, 0) is 11.3 Å². The fourth-order valence-electron chi connectivity index (χ4n) is 2.68. The van der Waals surface area contributed by atoms with Crippen molar-refractivity contribution < 1.29 is 9.21 Å². The third-order valence-corrected chi connectivity index (χ3v) is 3.86. The first-order valence-corrected chi connectivity index (χ1v) is 7.53. The van der Waals surface area contributed by atoms with Crippen LogP contribution in [0, 0.1) is 6.92 Å². The number of nitrogens with zero attached hydrogens (tertiary/aromatic N) is 1. The number of aryl methyl sites for hydroxylation is 1. The molecule has 2 heterocycles. The van der Waals surface area contributed by atoms with E-state index in [2.05, 4.69) is 10.3 Å². The molecule has 0 bridgehead atoms. The summed E-state index contributed by atoms with van der Waals surface area (Å²) in [5, 5.41) is 3.81. The zero-order valence-electron chi connectivity index (χ0n) is 13.3. The van der Waals surface area contributed by atoms with Gasteiger partial charge in [0.15, 0.2) is 0 Å². The van der Waals surface area contributed by atoms with Crippen LogP contribution in [0.5, 0.6) is 0 Å². The first kappa shape index (κ1) is 15.8. The number of amides is 1. The lowest BCUT2D eigenvalue weighted by Crippen LogP contribution is -2.36. The molecule has 24 heavy (non-hydrogen) atoms. The van der Waals surface area contributed by atoms with E-state index in [-0.39, 0.29) is 18.5 Å². The third-order valence-electron chi connectivity index (χ3n) is 3.86. The Kier molecular flexibility index (Phi) is 4.07. The molecular formula is C17H17N3O4. The average Bonchev–Trinajstić information content (AvgIpc) is 2.88.